The van der Waals surface area contributed by atoms with Crippen molar-refractivity contribution in [2.75, 3.05) is 19.7 Å². The molecule has 2 aromatic rings. The van der Waals surface area contributed by atoms with Crippen LogP contribution in [0.4, 0.5) is 13.2 Å². The van der Waals surface area contributed by atoms with Crippen LogP contribution in [0.3, 0.4) is 0 Å². The zero-order chi connectivity index (χ0) is 21.6. The van der Waals surface area contributed by atoms with Crippen LogP contribution >= 0.6 is 0 Å². The lowest BCUT2D eigenvalue weighted by Crippen LogP contribution is -2.50. The Bertz CT molecular complexity index is 972. The highest BCUT2D eigenvalue weighted by Gasteiger charge is 2.54. The molecule has 1 amide bonds. The monoisotopic (exact) mass is 435 g/mol. The van der Waals surface area contributed by atoms with Gasteiger partial charge in [0.05, 0.1) is 18.8 Å². The molecule has 3 aliphatic rings. The SMILES string of the molecule is O=C(N1CC2(CC2)COC1c1ccnc(CN2CCCn3ccnc3C2)c1)C(F)(F)F. The van der Waals surface area contributed by atoms with Crippen molar-refractivity contribution in [1.82, 2.24) is 24.3 Å². The molecule has 31 heavy (non-hydrogen) atoms. The van der Waals surface area contributed by atoms with Crippen LogP contribution in [-0.4, -0.2) is 56.1 Å². The maximum Gasteiger partial charge on any atom is 0.471 e. The zero-order valence-corrected chi connectivity index (χ0v) is 17.0. The van der Waals surface area contributed by atoms with Gasteiger partial charge >= 0.3 is 12.1 Å². The minimum Gasteiger partial charge on any atom is -0.353 e. The van der Waals surface area contributed by atoms with Crippen LogP contribution in [0.2, 0.25) is 0 Å². The number of nitrogens with zero attached hydrogens (tertiary/aromatic N) is 5. The lowest BCUT2D eigenvalue weighted by molar-refractivity contribution is -0.210. The van der Waals surface area contributed by atoms with E-state index in [1.165, 1.54) is 0 Å². The van der Waals surface area contributed by atoms with Gasteiger partial charge in [0.1, 0.15) is 5.82 Å². The van der Waals surface area contributed by atoms with Gasteiger partial charge in [-0.25, -0.2) is 4.98 Å². The van der Waals surface area contributed by atoms with Crippen molar-refractivity contribution in [3.05, 3.63) is 47.8 Å². The van der Waals surface area contributed by atoms with Crippen molar-refractivity contribution < 1.29 is 22.7 Å². The van der Waals surface area contributed by atoms with Crippen LogP contribution in [0.5, 0.6) is 0 Å². The fraction of sp³-hybridized carbons (Fsp3) is 0.571. The summed E-state index contributed by atoms with van der Waals surface area (Å²) in [6, 6.07) is 3.38. The first-order valence-electron chi connectivity index (χ1n) is 10.5. The molecule has 0 aromatic carbocycles. The third kappa shape index (κ3) is 4.18. The van der Waals surface area contributed by atoms with Crippen LogP contribution in [-0.2, 0) is 29.2 Å². The Morgan fingerprint density at radius 3 is 2.84 bits per heavy atom. The molecule has 0 N–H and O–H groups in total. The fourth-order valence-electron chi connectivity index (χ4n) is 4.47. The van der Waals surface area contributed by atoms with E-state index in [1.807, 2.05) is 6.20 Å². The number of fused-ring (bicyclic) bond motifs is 1. The summed E-state index contributed by atoms with van der Waals surface area (Å²) in [4.78, 5) is 24.0. The minimum absolute atomic E-state index is 0.0719. The van der Waals surface area contributed by atoms with E-state index in [0.29, 0.717) is 25.3 Å². The van der Waals surface area contributed by atoms with Gasteiger partial charge in [0.25, 0.3) is 0 Å². The van der Waals surface area contributed by atoms with Crippen LogP contribution in [0.25, 0.3) is 0 Å². The van der Waals surface area contributed by atoms with Gasteiger partial charge in [-0.05, 0) is 31.4 Å². The van der Waals surface area contributed by atoms with Crippen LogP contribution < -0.4 is 0 Å². The summed E-state index contributed by atoms with van der Waals surface area (Å²) in [5.74, 6) is -0.859. The number of ether oxygens (including phenoxy) is 1. The first-order valence-corrected chi connectivity index (χ1v) is 10.5. The average Bonchev–Trinajstić information content (AvgIpc) is 3.39. The summed E-state index contributed by atoms with van der Waals surface area (Å²) in [5.41, 5.74) is 0.933. The minimum atomic E-state index is -4.93. The number of aromatic nitrogens is 3. The molecule has 1 saturated carbocycles. The van der Waals surface area contributed by atoms with Gasteiger partial charge in [-0.15, -0.1) is 0 Å². The zero-order valence-electron chi connectivity index (χ0n) is 17.0. The molecule has 1 aliphatic carbocycles. The maximum absolute atomic E-state index is 13.2. The Balaban J connectivity index is 1.35. The summed E-state index contributed by atoms with van der Waals surface area (Å²) in [5, 5.41) is 0. The van der Waals surface area contributed by atoms with Crippen molar-refractivity contribution >= 4 is 5.91 Å². The summed E-state index contributed by atoms with van der Waals surface area (Å²) >= 11 is 0. The van der Waals surface area contributed by atoms with Gasteiger partial charge < -0.3 is 14.2 Å². The van der Waals surface area contributed by atoms with E-state index in [9.17, 15) is 18.0 Å². The molecule has 10 heteroatoms. The Labute approximate surface area is 177 Å². The Morgan fingerprint density at radius 2 is 2.06 bits per heavy atom. The van der Waals surface area contributed by atoms with Crippen LogP contribution in [0.15, 0.2) is 30.7 Å². The van der Waals surface area contributed by atoms with Crippen LogP contribution in [0.1, 0.15) is 42.6 Å². The first-order chi connectivity index (χ1) is 14.8. The van der Waals surface area contributed by atoms with Gasteiger partial charge in [0.15, 0.2) is 6.23 Å². The van der Waals surface area contributed by atoms with E-state index < -0.39 is 18.3 Å². The van der Waals surface area contributed by atoms with E-state index >= 15 is 0 Å². The van der Waals surface area contributed by atoms with Crippen molar-refractivity contribution in [3.63, 3.8) is 0 Å². The maximum atomic E-state index is 13.2. The van der Waals surface area contributed by atoms with Gasteiger partial charge in [-0.3, -0.25) is 14.7 Å². The van der Waals surface area contributed by atoms with Gasteiger partial charge in [0, 0.05) is 55.7 Å². The molecule has 2 aliphatic heterocycles. The molecule has 5 rings (SSSR count). The van der Waals surface area contributed by atoms with Gasteiger partial charge in [-0.1, -0.05) is 0 Å². The van der Waals surface area contributed by atoms with Gasteiger partial charge in [-0.2, -0.15) is 13.2 Å². The average molecular weight is 435 g/mol. The number of hydrogen-bond acceptors (Lipinski definition) is 5. The summed E-state index contributed by atoms with van der Waals surface area (Å²) in [7, 11) is 0. The lowest BCUT2D eigenvalue weighted by atomic mass is 10.0. The molecule has 166 valence electrons. The lowest BCUT2D eigenvalue weighted by Gasteiger charge is -2.40. The molecule has 1 atom stereocenters. The third-order valence-corrected chi connectivity index (χ3v) is 6.35. The molecule has 7 nitrogen and oxygen atoms in total. The topological polar surface area (TPSA) is 63.5 Å². The summed E-state index contributed by atoms with van der Waals surface area (Å²) in [6.45, 7) is 3.45. The second kappa shape index (κ2) is 7.59. The van der Waals surface area contributed by atoms with E-state index in [0.717, 1.165) is 48.8 Å². The number of carbonyl (C=O) groups is 1. The van der Waals surface area contributed by atoms with E-state index in [-0.39, 0.29) is 12.0 Å². The van der Waals surface area contributed by atoms with E-state index in [4.69, 9.17) is 4.74 Å². The van der Waals surface area contributed by atoms with E-state index in [1.54, 1.807) is 24.5 Å². The predicted molar refractivity (Wildman–Crippen MR) is 103 cm³/mol. The molecule has 4 heterocycles. The first kappa shape index (κ1) is 20.4. The second-order valence-electron chi connectivity index (χ2n) is 8.78. The Morgan fingerprint density at radius 1 is 1.23 bits per heavy atom. The highest BCUT2D eigenvalue weighted by molar-refractivity contribution is 5.82. The fourth-order valence-corrected chi connectivity index (χ4v) is 4.47. The number of alkyl halides is 3. The highest BCUT2D eigenvalue weighted by atomic mass is 19.4. The van der Waals surface area contributed by atoms with Crippen molar-refractivity contribution in [2.45, 2.75) is 51.3 Å². The quantitative estimate of drug-likeness (QED) is 0.742. The smallest absolute Gasteiger partial charge is 0.353 e. The third-order valence-electron chi connectivity index (χ3n) is 6.35. The molecule has 1 saturated heterocycles. The van der Waals surface area contributed by atoms with E-state index in [2.05, 4.69) is 19.4 Å². The molecule has 2 fully saturated rings. The number of carbonyl (C=O) groups excluding carboxylic acids is 1. The molecule has 2 aromatic heterocycles. The Kier molecular flexibility index (Phi) is 5.01. The molecular formula is C21H24F3N5O2. The molecule has 0 radical (unpaired) electrons. The number of imidazole rings is 1. The number of aryl methyl sites for hydroxylation is 1. The normalized spacial score (nSPS) is 23.5. The second-order valence-corrected chi connectivity index (χ2v) is 8.78. The largest absolute Gasteiger partial charge is 0.471 e. The van der Waals surface area contributed by atoms with Crippen molar-refractivity contribution in [3.8, 4) is 0 Å². The predicted octanol–water partition coefficient (Wildman–Crippen LogP) is 2.88. The molecule has 0 bridgehead atoms. The van der Waals surface area contributed by atoms with Crippen molar-refractivity contribution in [2.24, 2.45) is 5.41 Å². The number of hydrogen-bond donors (Lipinski definition) is 0. The highest BCUT2D eigenvalue weighted by Crippen LogP contribution is 2.51. The number of halogens is 3. The Hall–Kier alpha value is -2.46. The summed E-state index contributed by atoms with van der Waals surface area (Å²) < 4.78 is 47.7. The molecular weight excluding hydrogens is 411 g/mol. The number of rotatable bonds is 3. The number of amides is 1. The number of pyridine rings is 1. The van der Waals surface area contributed by atoms with Gasteiger partial charge in [0.2, 0.25) is 0 Å². The summed E-state index contributed by atoms with van der Waals surface area (Å²) in [6.07, 6.45) is 1.90. The van der Waals surface area contributed by atoms with Crippen LogP contribution in [0, 0.1) is 5.41 Å². The standard InChI is InChI=1S/C21H24F3N5O2/c22-21(23,24)19(30)29-13-20(3-4-20)14-31-18(29)15-2-5-25-16(10-15)11-27-7-1-8-28-9-6-26-17(28)12-27/h2,5-6,9-10,18H,1,3-4,7-8,11-14H2. The molecule has 1 unspecified atom stereocenters. The van der Waals surface area contributed by atoms with Crippen molar-refractivity contribution in [1.29, 1.82) is 0 Å². The molecule has 1 spiro atoms.